The summed E-state index contributed by atoms with van der Waals surface area (Å²) in [7, 11) is 0. The molecule has 0 N–H and O–H groups in total. The highest BCUT2D eigenvalue weighted by molar-refractivity contribution is 5.67. The second-order valence-electron chi connectivity index (χ2n) is 14.5. The zero-order chi connectivity index (χ0) is 45.8. The third-order valence-electron chi connectivity index (χ3n) is 8.89. The molecule has 1 aliphatic rings. The van der Waals surface area contributed by atoms with Crippen molar-refractivity contribution in [2.45, 2.75) is 145 Å². The minimum Gasteiger partial charge on any atom is -0.456 e. The normalized spacial score (nSPS) is 12.4. The van der Waals surface area contributed by atoms with Crippen molar-refractivity contribution in [1.82, 2.24) is 19.9 Å². The summed E-state index contributed by atoms with van der Waals surface area (Å²) in [6.45, 7) is 17.2. The highest BCUT2D eigenvalue weighted by atomic mass is 16.6. The van der Waals surface area contributed by atoms with Crippen LogP contribution in [0.15, 0.2) is 128 Å². The van der Waals surface area contributed by atoms with Gasteiger partial charge in [-0.15, -0.1) is 0 Å². The van der Waals surface area contributed by atoms with E-state index in [0.717, 1.165) is 29.8 Å². The molecule has 1 saturated carbocycles. The molecule has 1 aliphatic carbocycles. The molecule has 4 heterocycles. The Bertz CT molecular complexity index is 1650. The van der Waals surface area contributed by atoms with Gasteiger partial charge in [-0.2, -0.15) is 0 Å². The second-order valence-corrected chi connectivity index (χ2v) is 14.5. The van der Waals surface area contributed by atoms with E-state index in [1.54, 1.807) is 24.8 Å². The zero-order valence-corrected chi connectivity index (χ0v) is 38.7. The molecule has 6 rings (SSSR count). The summed E-state index contributed by atoms with van der Waals surface area (Å²) in [5.41, 5.74) is 3.87. The van der Waals surface area contributed by atoms with Gasteiger partial charge in [-0.1, -0.05) is 148 Å². The van der Waals surface area contributed by atoms with Crippen LogP contribution in [-0.2, 0) is 28.6 Å². The first kappa shape index (κ1) is 54.2. The van der Waals surface area contributed by atoms with Gasteiger partial charge in [-0.05, 0) is 66.9 Å². The van der Waals surface area contributed by atoms with E-state index < -0.39 is 12.2 Å². The Kier molecular flexibility index (Phi) is 30.5. The van der Waals surface area contributed by atoms with Gasteiger partial charge >= 0.3 is 17.9 Å². The van der Waals surface area contributed by atoms with Crippen molar-refractivity contribution >= 4 is 17.9 Å². The van der Waals surface area contributed by atoms with Gasteiger partial charge in [0, 0.05) is 51.5 Å². The van der Waals surface area contributed by atoms with Crippen LogP contribution in [0.3, 0.4) is 0 Å². The average molecular weight is 849 g/mol. The molecular formula is C52H72N4O6. The Labute approximate surface area is 372 Å². The standard InChI is InChI=1S/C14H19NO2.C14H13NO2.C13H12N2O2.2C4H10.C3H8/c2*1-11(16)17-14(12-7-3-2-4-8-12)13-9-5-6-10-15-13;1-10(16)17-13(11-6-2-4-8-14-11)12-7-3-5-9-15-12;2*1-3-4-2;1-3-2/h5-6,9-10,12,14H,2-4,7-8H2,1H3;2-10,14H,1H3;2-9,13H,1H3;2*3-4H2,1-2H3;3H2,1-2H3. The molecular weight excluding hydrogens is 777 g/mol. The molecule has 0 saturated heterocycles. The van der Waals surface area contributed by atoms with E-state index in [9.17, 15) is 14.4 Å². The second kappa shape index (κ2) is 34.9. The Morgan fingerprint density at radius 3 is 1.15 bits per heavy atom. The van der Waals surface area contributed by atoms with Crippen LogP contribution in [-0.4, -0.2) is 37.8 Å². The van der Waals surface area contributed by atoms with Crippen LogP contribution < -0.4 is 0 Å². The fraction of sp³-hybridized carbons (Fsp3) is 0.442. The lowest BCUT2D eigenvalue weighted by atomic mass is 9.84. The summed E-state index contributed by atoms with van der Waals surface area (Å²) in [6, 6.07) is 31.9. The van der Waals surface area contributed by atoms with E-state index in [1.165, 1.54) is 72.1 Å². The number of aromatic nitrogens is 4. The fourth-order valence-electron chi connectivity index (χ4n) is 5.68. The van der Waals surface area contributed by atoms with Gasteiger partial charge in [0.05, 0.1) is 22.8 Å². The Morgan fingerprint density at radius 2 is 0.806 bits per heavy atom. The lowest BCUT2D eigenvalue weighted by molar-refractivity contribution is -0.150. The molecule has 10 nitrogen and oxygen atoms in total. The van der Waals surface area contributed by atoms with E-state index in [0.29, 0.717) is 17.3 Å². The van der Waals surface area contributed by atoms with Crippen LogP contribution >= 0.6 is 0 Å². The molecule has 10 heteroatoms. The van der Waals surface area contributed by atoms with Crippen molar-refractivity contribution in [2.24, 2.45) is 5.92 Å². The number of nitrogens with zero attached hydrogens (tertiary/aromatic N) is 4. The number of unbranched alkanes of at least 4 members (excludes halogenated alkanes) is 2. The van der Waals surface area contributed by atoms with Crippen LogP contribution in [0, 0.1) is 5.92 Å². The van der Waals surface area contributed by atoms with Crippen LogP contribution in [0.4, 0.5) is 0 Å². The van der Waals surface area contributed by atoms with Crippen molar-refractivity contribution in [3.8, 4) is 0 Å². The number of carbonyl (C=O) groups excluding carboxylic acids is 3. The van der Waals surface area contributed by atoms with E-state index in [4.69, 9.17) is 14.2 Å². The number of ether oxygens (including phenoxy) is 3. The summed E-state index contributed by atoms with van der Waals surface area (Å²) in [5, 5.41) is 0. The third-order valence-corrected chi connectivity index (χ3v) is 8.89. The van der Waals surface area contributed by atoms with E-state index in [1.807, 2.05) is 103 Å². The Hall–Kier alpha value is -5.77. The first-order valence-corrected chi connectivity index (χ1v) is 22.3. The molecule has 62 heavy (non-hydrogen) atoms. The van der Waals surface area contributed by atoms with E-state index >= 15 is 0 Å². The SMILES string of the molecule is CC(=O)OC(c1ccccc1)c1ccccn1.CC(=O)OC(c1ccccn1)C1CCCCC1.CC(=O)OC(c1ccccn1)c1ccccn1.CCC.CCCC.CCCC. The molecule has 0 bridgehead atoms. The Balaban J connectivity index is 0.000000415. The number of hydrogen-bond acceptors (Lipinski definition) is 10. The fourth-order valence-corrected chi connectivity index (χ4v) is 5.68. The topological polar surface area (TPSA) is 130 Å². The first-order valence-electron chi connectivity index (χ1n) is 22.3. The maximum absolute atomic E-state index is 11.2. The van der Waals surface area contributed by atoms with Crippen LogP contribution in [0.5, 0.6) is 0 Å². The molecule has 0 radical (unpaired) electrons. The largest absolute Gasteiger partial charge is 0.456 e. The summed E-state index contributed by atoms with van der Waals surface area (Å²) < 4.78 is 16.1. The maximum atomic E-state index is 11.2. The van der Waals surface area contributed by atoms with Crippen LogP contribution in [0.2, 0.25) is 0 Å². The van der Waals surface area contributed by atoms with Crippen LogP contribution in [0.1, 0.15) is 173 Å². The summed E-state index contributed by atoms with van der Waals surface area (Å²) in [6.07, 6.45) is 18.2. The van der Waals surface area contributed by atoms with Crippen LogP contribution in [0.25, 0.3) is 0 Å². The number of esters is 3. The lowest BCUT2D eigenvalue weighted by Gasteiger charge is -2.29. The number of benzene rings is 1. The first-order chi connectivity index (χ1) is 30.1. The van der Waals surface area contributed by atoms with E-state index in [-0.39, 0.29) is 24.0 Å². The van der Waals surface area contributed by atoms with E-state index in [2.05, 4.69) is 61.5 Å². The molecule has 2 atom stereocenters. The van der Waals surface area contributed by atoms with Crippen molar-refractivity contribution < 1.29 is 28.6 Å². The molecule has 5 aromatic rings. The molecule has 0 amide bonds. The Morgan fingerprint density at radius 1 is 0.468 bits per heavy atom. The molecule has 336 valence electrons. The van der Waals surface area contributed by atoms with Gasteiger partial charge in [0.25, 0.3) is 0 Å². The smallest absolute Gasteiger partial charge is 0.303 e. The minimum absolute atomic E-state index is 0.158. The highest BCUT2D eigenvalue weighted by Gasteiger charge is 2.28. The zero-order valence-electron chi connectivity index (χ0n) is 38.7. The molecule has 0 spiro atoms. The summed E-state index contributed by atoms with van der Waals surface area (Å²) in [4.78, 5) is 50.4. The van der Waals surface area contributed by atoms with Gasteiger partial charge in [-0.25, -0.2) is 0 Å². The van der Waals surface area contributed by atoms with Gasteiger partial charge in [-0.3, -0.25) is 34.3 Å². The predicted octanol–water partition coefficient (Wildman–Crippen LogP) is 13.2. The monoisotopic (exact) mass is 849 g/mol. The summed E-state index contributed by atoms with van der Waals surface area (Å²) >= 11 is 0. The quantitative estimate of drug-likeness (QED) is 0.0935. The number of hydrogen-bond donors (Lipinski definition) is 0. The summed E-state index contributed by atoms with van der Waals surface area (Å²) in [5.74, 6) is -0.454. The molecule has 1 fully saturated rings. The maximum Gasteiger partial charge on any atom is 0.303 e. The highest BCUT2D eigenvalue weighted by Crippen LogP contribution is 2.36. The lowest BCUT2D eigenvalue weighted by Crippen LogP contribution is -2.21. The number of rotatable bonds is 11. The average Bonchev–Trinajstić information content (AvgIpc) is 3.31. The third kappa shape index (κ3) is 23.9. The molecule has 0 aliphatic heterocycles. The van der Waals surface area contributed by atoms with Gasteiger partial charge < -0.3 is 14.2 Å². The minimum atomic E-state index is -0.546. The molecule has 2 unspecified atom stereocenters. The van der Waals surface area contributed by atoms with Crippen molar-refractivity contribution in [3.63, 3.8) is 0 Å². The van der Waals surface area contributed by atoms with Gasteiger partial charge in [0.2, 0.25) is 0 Å². The predicted molar refractivity (Wildman–Crippen MR) is 249 cm³/mol. The number of carbonyl (C=O) groups is 3. The van der Waals surface area contributed by atoms with Crippen molar-refractivity contribution in [3.05, 3.63) is 156 Å². The number of pyridine rings is 4. The van der Waals surface area contributed by atoms with Crippen molar-refractivity contribution in [1.29, 1.82) is 0 Å². The molecule has 4 aromatic heterocycles. The van der Waals surface area contributed by atoms with Crippen molar-refractivity contribution in [2.75, 3.05) is 0 Å². The molecule has 1 aromatic carbocycles. The van der Waals surface area contributed by atoms with Gasteiger partial charge in [0.15, 0.2) is 12.2 Å². The van der Waals surface area contributed by atoms with Gasteiger partial charge in [0.1, 0.15) is 6.10 Å².